The number of carboxylic acid groups (broad SMARTS) is 1. The minimum Gasteiger partial charge on any atom is -0.478 e. The van der Waals surface area contributed by atoms with Crippen LogP contribution in [0.4, 0.5) is 0 Å². The van der Waals surface area contributed by atoms with Crippen molar-refractivity contribution in [2.45, 2.75) is 16.2 Å². The van der Waals surface area contributed by atoms with Crippen LogP contribution in [-0.4, -0.2) is 46.4 Å². The highest BCUT2D eigenvalue weighted by Crippen LogP contribution is 2.36. The Bertz CT molecular complexity index is 571. The van der Waals surface area contributed by atoms with Gasteiger partial charge in [-0.2, -0.15) is 0 Å². The van der Waals surface area contributed by atoms with Gasteiger partial charge in [0.05, 0.1) is 17.7 Å². The van der Waals surface area contributed by atoms with Crippen LogP contribution in [0, 0.1) is 0 Å². The number of alkyl halides is 3. The highest BCUT2D eigenvalue weighted by molar-refractivity contribution is 6.67. The van der Waals surface area contributed by atoms with E-state index in [2.05, 4.69) is 0 Å². The van der Waals surface area contributed by atoms with Crippen LogP contribution in [-0.2, 0) is 14.2 Å². The molecule has 0 radical (unpaired) electrons. The van der Waals surface area contributed by atoms with E-state index in [1.807, 2.05) is 0 Å². The van der Waals surface area contributed by atoms with Gasteiger partial charge in [-0.15, -0.1) is 0 Å². The molecule has 0 amide bonds. The van der Waals surface area contributed by atoms with Crippen LogP contribution in [0.1, 0.15) is 20.7 Å². The Kier molecular flexibility index (Phi) is 5.52. The zero-order valence-electron chi connectivity index (χ0n) is 11.0. The molecule has 0 bridgehead atoms. The number of rotatable bonds is 4. The molecule has 120 valence electrons. The third kappa shape index (κ3) is 4.24. The summed E-state index contributed by atoms with van der Waals surface area (Å²) in [4.78, 5) is 23.0. The summed E-state index contributed by atoms with van der Waals surface area (Å²) in [5.74, 6) is -2.00. The van der Waals surface area contributed by atoms with Crippen LogP contribution in [0.5, 0.6) is 0 Å². The van der Waals surface area contributed by atoms with Gasteiger partial charge in [0, 0.05) is 0 Å². The number of benzene rings is 1. The number of aromatic carboxylic acids is 1. The SMILES string of the molecule is O=C(O)c1ccccc1C(=O)OCC1COC(C(Cl)(Cl)Cl)O1. The van der Waals surface area contributed by atoms with Crippen LogP contribution in [0.2, 0.25) is 0 Å². The molecule has 1 aromatic carbocycles. The van der Waals surface area contributed by atoms with Gasteiger partial charge in [-0.3, -0.25) is 0 Å². The van der Waals surface area contributed by atoms with Crippen LogP contribution in [0.25, 0.3) is 0 Å². The molecule has 0 spiro atoms. The summed E-state index contributed by atoms with van der Waals surface area (Å²) in [6.07, 6.45) is -1.64. The molecule has 0 aliphatic carbocycles. The van der Waals surface area contributed by atoms with E-state index in [1.165, 1.54) is 24.3 Å². The van der Waals surface area contributed by atoms with Crippen molar-refractivity contribution in [3.05, 3.63) is 35.4 Å². The van der Waals surface area contributed by atoms with Gasteiger partial charge in [0.1, 0.15) is 12.7 Å². The van der Waals surface area contributed by atoms with Crippen LogP contribution >= 0.6 is 34.8 Å². The third-order valence-electron chi connectivity index (χ3n) is 2.79. The number of ether oxygens (including phenoxy) is 3. The van der Waals surface area contributed by atoms with Crippen molar-refractivity contribution in [3.8, 4) is 0 Å². The quantitative estimate of drug-likeness (QED) is 0.649. The van der Waals surface area contributed by atoms with Gasteiger partial charge in [0.2, 0.25) is 10.1 Å². The summed E-state index contributed by atoms with van der Waals surface area (Å²) >= 11 is 16.9. The first-order valence-corrected chi connectivity index (χ1v) is 7.25. The van der Waals surface area contributed by atoms with E-state index in [0.29, 0.717) is 0 Å². The molecule has 2 rings (SSSR count). The fourth-order valence-electron chi connectivity index (χ4n) is 1.80. The van der Waals surface area contributed by atoms with Crippen LogP contribution in [0.3, 0.4) is 0 Å². The van der Waals surface area contributed by atoms with Crippen molar-refractivity contribution >= 4 is 46.7 Å². The molecular weight excluding hydrogens is 358 g/mol. The molecule has 22 heavy (non-hydrogen) atoms. The van der Waals surface area contributed by atoms with E-state index in [4.69, 9.17) is 54.1 Å². The standard InChI is InChI=1S/C13H11Cl3O6/c14-13(15,16)12-21-6-7(22-12)5-20-11(19)9-4-2-1-3-8(9)10(17)18/h1-4,7,12H,5-6H2,(H,17,18). The first-order chi connectivity index (χ1) is 10.3. The zero-order chi connectivity index (χ0) is 16.3. The van der Waals surface area contributed by atoms with Crippen LogP contribution in [0.15, 0.2) is 24.3 Å². The average Bonchev–Trinajstić information content (AvgIpc) is 2.93. The molecule has 1 fully saturated rings. The Balaban J connectivity index is 1.93. The normalized spacial score (nSPS) is 21.6. The van der Waals surface area contributed by atoms with Gasteiger partial charge in [0.25, 0.3) is 0 Å². The second-order valence-electron chi connectivity index (χ2n) is 4.41. The molecule has 1 aliphatic rings. The minimum atomic E-state index is -1.74. The van der Waals surface area contributed by atoms with Gasteiger partial charge < -0.3 is 19.3 Å². The lowest BCUT2D eigenvalue weighted by molar-refractivity contribution is -0.0634. The van der Waals surface area contributed by atoms with Crippen molar-refractivity contribution in [3.63, 3.8) is 0 Å². The molecule has 1 N–H and O–H groups in total. The van der Waals surface area contributed by atoms with Crippen molar-refractivity contribution in [1.82, 2.24) is 0 Å². The Labute approximate surface area is 140 Å². The molecule has 6 nitrogen and oxygen atoms in total. The van der Waals surface area contributed by atoms with E-state index in [0.717, 1.165) is 0 Å². The predicted molar refractivity (Wildman–Crippen MR) is 78.6 cm³/mol. The number of carboxylic acids is 1. The van der Waals surface area contributed by atoms with E-state index in [-0.39, 0.29) is 24.3 Å². The van der Waals surface area contributed by atoms with E-state index < -0.39 is 28.1 Å². The Morgan fingerprint density at radius 3 is 2.45 bits per heavy atom. The maximum atomic E-state index is 11.9. The maximum Gasteiger partial charge on any atom is 0.339 e. The highest BCUT2D eigenvalue weighted by Gasteiger charge is 2.41. The maximum absolute atomic E-state index is 11.9. The molecule has 9 heteroatoms. The molecule has 1 aliphatic heterocycles. The second-order valence-corrected chi connectivity index (χ2v) is 6.78. The lowest BCUT2D eigenvalue weighted by atomic mass is 10.1. The number of hydrogen-bond acceptors (Lipinski definition) is 5. The number of carbonyl (C=O) groups is 2. The summed E-state index contributed by atoms with van der Waals surface area (Å²) < 4.78 is 13.7. The van der Waals surface area contributed by atoms with Gasteiger partial charge >= 0.3 is 11.9 Å². The van der Waals surface area contributed by atoms with Gasteiger partial charge in [-0.1, -0.05) is 46.9 Å². The fourth-order valence-corrected chi connectivity index (χ4v) is 2.14. The second kappa shape index (κ2) is 7.02. The molecule has 0 aromatic heterocycles. The van der Waals surface area contributed by atoms with Gasteiger partial charge in [-0.05, 0) is 12.1 Å². The van der Waals surface area contributed by atoms with Gasteiger partial charge in [0.15, 0.2) is 0 Å². The number of halogens is 3. The molecule has 1 aromatic rings. The monoisotopic (exact) mass is 368 g/mol. The Hall–Kier alpha value is -1.05. The van der Waals surface area contributed by atoms with Gasteiger partial charge in [-0.25, -0.2) is 9.59 Å². The van der Waals surface area contributed by atoms with E-state index in [9.17, 15) is 9.59 Å². The van der Waals surface area contributed by atoms with Crippen molar-refractivity contribution < 1.29 is 28.9 Å². The summed E-state index contributed by atoms with van der Waals surface area (Å²) in [5.41, 5.74) is -0.192. The molecule has 1 heterocycles. The minimum absolute atomic E-state index is 0.0492. The smallest absolute Gasteiger partial charge is 0.339 e. The largest absolute Gasteiger partial charge is 0.478 e. The summed E-state index contributed by atoms with van der Waals surface area (Å²) in [5, 5.41) is 9.02. The van der Waals surface area contributed by atoms with Crippen molar-refractivity contribution in [2.75, 3.05) is 13.2 Å². The Morgan fingerprint density at radius 2 is 1.91 bits per heavy atom. The highest BCUT2D eigenvalue weighted by atomic mass is 35.6. The lowest BCUT2D eigenvalue weighted by Crippen LogP contribution is -2.28. The number of hydrogen-bond donors (Lipinski definition) is 1. The molecule has 2 atom stereocenters. The topological polar surface area (TPSA) is 82.1 Å². The molecular formula is C13H11Cl3O6. The zero-order valence-corrected chi connectivity index (χ0v) is 13.3. The first-order valence-electron chi connectivity index (χ1n) is 6.12. The summed E-state index contributed by atoms with van der Waals surface area (Å²) in [6, 6.07) is 5.73. The molecule has 0 saturated carbocycles. The molecule has 2 unspecified atom stereocenters. The van der Waals surface area contributed by atoms with E-state index in [1.54, 1.807) is 0 Å². The van der Waals surface area contributed by atoms with E-state index >= 15 is 0 Å². The third-order valence-corrected chi connectivity index (χ3v) is 3.33. The fraction of sp³-hybridized carbons (Fsp3) is 0.385. The van der Waals surface area contributed by atoms with Crippen molar-refractivity contribution in [2.24, 2.45) is 0 Å². The average molecular weight is 370 g/mol. The number of esters is 1. The lowest BCUT2D eigenvalue weighted by Gasteiger charge is -2.18. The number of carbonyl (C=O) groups excluding carboxylic acids is 1. The molecule has 1 saturated heterocycles. The summed E-state index contributed by atoms with van der Waals surface area (Å²) in [6.45, 7) is -0.0591. The van der Waals surface area contributed by atoms with Crippen molar-refractivity contribution in [1.29, 1.82) is 0 Å². The summed E-state index contributed by atoms with van der Waals surface area (Å²) in [7, 11) is 0. The Morgan fingerprint density at radius 1 is 1.27 bits per heavy atom. The predicted octanol–water partition coefficient (Wildman–Crippen LogP) is 2.65. The van der Waals surface area contributed by atoms with Crippen LogP contribution < -0.4 is 0 Å². The first kappa shape index (κ1) is 17.3.